The molecule has 0 aromatic heterocycles. The molecule has 1 N–H and O–H groups in total. The number of carbonyl (C=O) groups is 3. The molecule has 140 valence electrons. The van der Waals surface area contributed by atoms with Crippen LogP contribution in [0.2, 0.25) is 0 Å². The first-order valence-electron chi connectivity index (χ1n) is 8.50. The number of benzene rings is 2. The number of urea groups is 1. The van der Waals surface area contributed by atoms with Crippen LogP contribution in [-0.2, 0) is 10.3 Å². The summed E-state index contributed by atoms with van der Waals surface area (Å²) in [6, 6.07) is 12.5. The lowest BCUT2D eigenvalue weighted by Crippen LogP contribution is -2.41. The molecule has 0 unspecified atom stereocenters. The van der Waals surface area contributed by atoms with Crippen LogP contribution in [-0.4, -0.2) is 36.0 Å². The second-order valence-electron chi connectivity index (χ2n) is 6.63. The molecule has 28 heavy (non-hydrogen) atoms. The van der Waals surface area contributed by atoms with Gasteiger partial charge in [-0.2, -0.15) is 5.26 Å². The maximum Gasteiger partial charge on any atom is 0.325 e. The number of fused-ring (bicyclic) bond motifs is 1. The van der Waals surface area contributed by atoms with Gasteiger partial charge in [0.2, 0.25) is 6.79 Å². The Labute approximate surface area is 160 Å². The van der Waals surface area contributed by atoms with Gasteiger partial charge in [-0.3, -0.25) is 14.5 Å². The summed E-state index contributed by atoms with van der Waals surface area (Å²) < 4.78 is 10.5. The number of imide groups is 1. The molecule has 2 heterocycles. The van der Waals surface area contributed by atoms with Crippen molar-refractivity contribution in [3.63, 3.8) is 0 Å². The molecule has 0 saturated carbocycles. The molecule has 4 rings (SSSR count). The molecule has 3 amide bonds. The maximum atomic E-state index is 13.0. The molecule has 2 aromatic rings. The number of nitrogens with one attached hydrogen (secondary N) is 1. The van der Waals surface area contributed by atoms with Gasteiger partial charge in [0.05, 0.1) is 18.2 Å². The van der Waals surface area contributed by atoms with Crippen LogP contribution in [0, 0.1) is 11.3 Å². The Hall–Kier alpha value is -3.86. The molecule has 1 saturated heterocycles. The van der Waals surface area contributed by atoms with Gasteiger partial charge in [-0.05, 0) is 42.8 Å². The standard InChI is InChI=1S/C20H15N3O5/c1-20(14-4-2-3-12(7-14)9-21)18(25)23(19(26)22-20)10-15(24)13-5-6-16-17(8-13)28-11-27-16/h2-8H,10-11H2,1H3,(H,22,26)/t20-/m0/s1. The topological polar surface area (TPSA) is 109 Å². The lowest BCUT2D eigenvalue weighted by molar-refractivity contribution is -0.130. The van der Waals surface area contributed by atoms with Crippen LogP contribution < -0.4 is 14.8 Å². The Morgan fingerprint density at radius 2 is 2.00 bits per heavy atom. The number of rotatable bonds is 4. The predicted octanol–water partition coefficient (Wildman–Crippen LogP) is 1.94. The third-order valence-corrected chi connectivity index (χ3v) is 4.84. The molecule has 1 fully saturated rings. The van der Waals surface area contributed by atoms with Crippen molar-refractivity contribution in [2.75, 3.05) is 13.3 Å². The van der Waals surface area contributed by atoms with Gasteiger partial charge in [0.15, 0.2) is 17.3 Å². The van der Waals surface area contributed by atoms with Crippen molar-refractivity contribution in [2.24, 2.45) is 0 Å². The number of ether oxygens (including phenoxy) is 2. The van der Waals surface area contributed by atoms with Crippen LogP contribution >= 0.6 is 0 Å². The van der Waals surface area contributed by atoms with Gasteiger partial charge in [-0.1, -0.05) is 12.1 Å². The van der Waals surface area contributed by atoms with Crippen molar-refractivity contribution in [1.29, 1.82) is 5.26 Å². The van der Waals surface area contributed by atoms with Gasteiger partial charge in [0, 0.05) is 5.56 Å². The largest absolute Gasteiger partial charge is 0.454 e. The molecular weight excluding hydrogens is 362 g/mol. The third kappa shape index (κ3) is 2.74. The number of hydrogen-bond acceptors (Lipinski definition) is 6. The van der Waals surface area contributed by atoms with Gasteiger partial charge in [-0.15, -0.1) is 0 Å². The molecule has 0 bridgehead atoms. The fraction of sp³-hybridized carbons (Fsp3) is 0.200. The zero-order valence-electron chi connectivity index (χ0n) is 14.9. The fourth-order valence-electron chi connectivity index (χ4n) is 3.24. The molecule has 2 aromatic carbocycles. The Kier molecular flexibility index (Phi) is 4.00. The highest BCUT2D eigenvalue weighted by molar-refractivity contribution is 6.11. The molecule has 2 aliphatic heterocycles. The molecule has 8 nitrogen and oxygen atoms in total. The SMILES string of the molecule is C[C@@]1(c2cccc(C#N)c2)NC(=O)N(CC(=O)c2ccc3c(c2)OCO3)C1=O. The Balaban J connectivity index is 1.57. The van der Waals surface area contributed by atoms with Crippen LogP contribution in [0.4, 0.5) is 4.79 Å². The van der Waals surface area contributed by atoms with Crippen molar-refractivity contribution < 1.29 is 23.9 Å². The van der Waals surface area contributed by atoms with Crippen molar-refractivity contribution in [3.8, 4) is 17.6 Å². The second kappa shape index (κ2) is 6.39. The molecule has 0 radical (unpaired) electrons. The Morgan fingerprint density at radius 3 is 2.79 bits per heavy atom. The lowest BCUT2D eigenvalue weighted by atomic mass is 9.91. The number of nitrogens with zero attached hydrogens (tertiary/aromatic N) is 2. The van der Waals surface area contributed by atoms with E-state index in [0.29, 0.717) is 28.2 Å². The van der Waals surface area contributed by atoms with Crippen LogP contribution in [0.25, 0.3) is 0 Å². The fourth-order valence-corrected chi connectivity index (χ4v) is 3.24. The van der Waals surface area contributed by atoms with Gasteiger partial charge in [0.1, 0.15) is 5.54 Å². The van der Waals surface area contributed by atoms with E-state index >= 15 is 0 Å². The Morgan fingerprint density at radius 1 is 1.21 bits per heavy atom. The van der Waals surface area contributed by atoms with E-state index in [4.69, 9.17) is 14.7 Å². The molecule has 0 aliphatic carbocycles. The van der Waals surface area contributed by atoms with Gasteiger partial charge >= 0.3 is 6.03 Å². The molecule has 2 aliphatic rings. The first kappa shape index (κ1) is 17.5. The third-order valence-electron chi connectivity index (χ3n) is 4.84. The summed E-state index contributed by atoms with van der Waals surface area (Å²) in [5, 5.41) is 11.7. The summed E-state index contributed by atoms with van der Waals surface area (Å²) >= 11 is 0. The Bertz CT molecular complexity index is 1060. The van der Waals surface area contributed by atoms with E-state index in [2.05, 4.69) is 5.32 Å². The number of hydrogen-bond donors (Lipinski definition) is 1. The van der Waals surface area contributed by atoms with E-state index in [-0.39, 0.29) is 6.79 Å². The first-order valence-corrected chi connectivity index (χ1v) is 8.50. The minimum Gasteiger partial charge on any atom is -0.454 e. The number of nitriles is 1. The van der Waals surface area contributed by atoms with Gasteiger partial charge in [0.25, 0.3) is 5.91 Å². The highest BCUT2D eigenvalue weighted by Crippen LogP contribution is 2.33. The maximum absolute atomic E-state index is 13.0. The zero-order valence-corrected chi connectivity index (χ0v) is 14.9. The lowest BCUT2D eigenvalue weighted by Gasteiger charge is -2.22. The number of amides is 3. The highest BCUT2D eigenvalue weighted by Gasteiger charge is 2.49. The molecular formula is C20H15N3O5. The molecule has 8 heteroatoms. The monoisotopic (exact) mass is 377 g/mol. The minimum atomic E-state index is -1.35. The van der Waals surface area contributed by atoms with E-state index in [1.165, 1.54) is 6.07 Å². The average molecular weight is 377 g/mol. The normalized spacial score (nSPS) is 20.1. The van der Waals surface area contributed by atoms with Crippen LogP contribution in [0.1, 0.15) is 28.4 Å². The van der Waals surface area contributed by atoms with Crippen molar-refractivity contribution in [3.05, 3.63) is 59.2 Å². The van der Waals surface area contributed by atoms with E-state index < -0.39 is 29.8 Å². The van der Waals surface area contributed by atoms with Crippen LogP contribution in [0.15, 0.2) is 42.5 Å². The van der Waals surface area contributed by atoms with E-state index in [0.717, 1.165) is 4.90 Å². The van der Waals surface area contributed by atoms with Crippen molar-refractivity contribution in [2.45, 2.75) is 12.5 Å². The van der Waals surface area contributed by atoms with Gasteiger partial charge in [-0.25, -0.2) is 4.79 Å². The number of Topliss-reactive ketones (excluding diaryl/α,β-unsaturated/α-hetero) is 1. The molecule has 1 atom stereocenters. The summed E-state index contributed by atoms with van der Waals surface area (Å²) in [7, 11) is 0. The minimum absolute atomic E-state index is 0.0834. The summed E-state index contributed by atoms with van der Waals surface area (Å²) in [5.74, 6) is 0.0243. The van der Waals surface area contributed by atoms with E-state index in [1.807, 2.05) is 6.07 Å². The quantitative estimate of drug-likeness (QED) is 0.644. The smallest absolute Gasteiger partial charge is 0.325 e. The van der Waals surface area contributed by atoms with Crippen molar-refractivity contribution >= 4 is 17.7 Å². The second-order valence-corrected chi connectivity index (χ2v) is 6.63. The number of ketones is 1. The summed E-state index contributed by atoms with van der Waals surface area (Å²) in [4.78, 5) is 38.9. The van der Waals surface area contributed by atoms with Crippen LogP contribution in [0.3, 0.4) is 0 Å². The number of carbonyl (C=O) groups excluding carboxylic acids is 3. The summed E-state index contributed by atoms with van der Waals surface area (Å²) in [6.07, 6.45) is 0. The highest BCUT2D eigenvalue weighted by atomic mass is 16.7. The summed E-state index contributed by atoms with van der Waals surface area (Å²) in [5.41, 5.74) is -0.192. The van der Waals surface area contributed by atoms with Crippen molar-refractivity contribution in [1.82, 2.24) is 10.2 Å². The average Bonchev–Trinajstić information content (AvgIpc) is 3.26. The van der Waals surface area contributed by atoms with E-state index in [9.17, 15) is 14.4 Å². The van der Waals surface area contributed by atoms with Crippen LogP contribution in [0.5, 0.6) is 11.5 Å². The predicted molar refractivity (Wildman–Crippen MR) is 95.6 cm³/mol. The van der Waals surface area contributed by atoms with Gasteiger partial charge < -0.3 is 14.8 Å². The first-order chi connectivity index (χ1) is 13.4. The van der Waals surface area contributed by atoms with E-state index in [1.54, 1.807) is 43.3 Å². The summed E-state index contributed by atoms with van der Waals surface area (Å²) in [6.45, 7) is 1.23. The molecule has 0 spiro atoms. The zero-order chi connectivity index (χ0) is 19.9.